The van der Waals surface area contributed by atoms with Gasteiger partial charge in [0.1, 0.15) is 5.76 Å². The minimum absolute atomic E-state index is 0.0704. The van der Waals surface area contributed by atoms with E-state index < -0.39 is 5.41 Å². The number of amides is 2. The number of benzene rings is 1. The maximum Gasteiger partial charge on any atom is 0.236 e. The average Bonchev–Trinajstić information content (AvgIpc) is 2.93. The van der Waals surface area contributed by atoms with Gasteiger partial charge in [0.2, 0.25) is 11.8 Å². The first-order valence-corrected chi connectivity index (χ1v) is 9.86. The van der Waals surface area contributed by atoms with Crippen LogP contribution in [0.5, 0.6) is 0 Å². The monoisotopic (exact) mass is 383 g/mol. The highest BCUT2D eigenvalue weighted by molar-refractivity contribution is 6.06. The van der Waals surface area contributed by atoms with Crippen molar-refractivity contribution in [2.75, 3.05) is 20.3 Å². The van der Waals surface area contributed by atoms with Gasteiger partial charge in [0, 0.05) is 19.6 Å². The predicted molar refractivity (Wildman–Crippen MR) is 107 cm³/mol. The molecule has 2 aliphatic rings. The second-order valence-corrected chi connectivity index (χ2v) is 8.01. The molecule has 0 spiro atoms. The van der Waals surface area contributed by atoms with E-state index in [-0.39, 0.29) is 36.7 Å². The third kappa shape index (κ3) is 3.90. The fourth-order valence-electron chi connectivity index (χ4n) is 4.07. The Morgan fingerprint density at radius 1 is 1.29 bits per heavy atom. The van der Waals surface area contributed by atoms with Gasteiger partial charge in [-0.05, 0) is 54.9 Å². The third-order valence-corrected chi connectivity index (χ3v) is 6.20. The van der Waals surface area contributed by atoms with E-state index in [1.54, 1.807) is 7.11 Å². The molecule has 0 aromatic heterocycles. The maximum atomic E-state index is 13.2. The summed E-state index contributed by atoms with van der Waals surface area (Å²) >= 11 is 0. The van der Waals surface area contributed by atoms with Gasteiger partial charge < -0.3 is 9.84 Å². The second kappa shape index (κ2) is 8.31. The summed E-state index contributed by atoms with van der Waals surface area (Å²) in [7, 11) is 1.63. The third-order valence-electron chi connectivity index (χ3n) is 6.20. The predicted octanol–water partition coefficient (Wildman–Crippen LogP) is 3.20. The molecule has 0 saturated carbocycles. The fourth-order valence-corrected chi connectivity index (χ4v) is 4.07. The van der Waals surface area contributed by atoms with E-state index in [4.69, 9.17) is 9.84 Å². The Hall–Kier alpha value is -2.40. The molecule has 2 amide bonds. The van der Waals surface area contributed by atoms with Gasteiger partial charge in [-0.1, -0.05) is 37.3 Å². The Labute approximate surface area is 166 Å². The molecule has 3 rings (SSSR count). The highest BCUT2D eigenvalue weighted by Gasteiger charge is 2.51. The zero-order valence-corrected chi connectivity index (χ0v) is 16.9. The van der Waals surface area contributed by atoms with E-state index in [2.05, 4.69) is 0 Å². The highest BCUT2D eigenvalue weighted by atomic mass is 16.5. The summed E-state index contributed by atoms with van der Waals surface area (Å²) < 4.78 is 5.20. The Bertz CT molecular complexity index is 795. The number of likely N-dealkylation sites (tertiary alicyclic amines) is 1. The average molecular weight is 383 g/mol. The lowest BCUT2D eigenvalue weighted by atomic mass is 9.73. The molecule has 0 radical (unpaired) electrons. The van der Waals surface area contributed by atoms with E-state index >= 15 is 0 Å². The summed E-state index contributed by atoms with van der Waals surface area (Å²) in [6.45, 7) is 4.45. The van der Waals surface area contributed by atoms with Crippen molar-refractivity contribution in [1.82, 2.24) is 4.90 Å². The molecule has 1 heterocycles. The lowest BCUT2D eigenvalue weighted by Gasteiger charge is -2.30. The maximum absolute atomic E-state index is 13.2. The van der Waals surface area contributed by atoms with Crippen LogP contribution in [0.25, 0.3) is 0 Å². The normalized spacial score (nSPS) is 25.8. The number of carbonyl (C=O) groups is 2. The van der Waals surface area contributed by atoms with Crippen molar-refractivity contribution in [3.05, 3.63) is 59.4 Å². The van der Waals surface area contributed by atoms with Gasteiger partial charge in [0.05, 0.1) is 12.5 Å². The van der Waals surface area contributed by atoms with Gasteiger partial charge in [-0.2, -0.15) is 0 Å². The SMILES string of the molecule is COC1=CCC(CN2C(=O)C[C@@](C)([C@H](C)c3ccc(CCO)cc3)C2=O)C=C1. The minimum atomic E-state index is -0.735. The smallest absolute Gasteiger partial charge is 0.236 e. The van der Waals surface area contributed by atoms with Crippen molar-refractivity contribution in [3.63, 3.8) is 0 Å². The van der Waals surface area contributed by atoms with Gasteiger partial charge in [0.25, 0.3) is 0 Å². The van der Waals surface area contributed by atoms with Gasteiger partial charge in [-0.25, -0.2) is 0 Å². The molecule has 1 aromatic carbocycles. The Kier molecular flexibility index (Phi) is 6.04. The number of hydrogen-bond donors (Lipinski definition) is 1. The largest absolute Gasteiger partial charge is 0.497 e. The standard InChI is InChI=1S/C23H29NO4/c1-16(19-8-4-17(5-9-19)12-13-25)23(2)14-21(26)24(22(23)27)15-18-6-10-20(28-3)11-7-18/h4-6,8-11,16,18,25H,7,12-15H2,1-3H3/t16-,18?,23+/m1/s1. The van der Waals surface area contributed by atoms with Gasteiger partial charge >= 0.3 is 0 Å². The Morgan fingerprint density at radius 3 is 2.57 bits per heavy atom. The van der Waals surface area contributed by atoms with Gasteiger partial charge in [-0.3, -0.25) is 14.5 Å². The van der Waals surface area contributed by atoms with Crippen LogP contribution in [-0.4, -0.2) is 42.1 Å². The van der Waals surface area contributed by atoms with E-state index in [9.17, 15) is 9.59 Å². The van der Waals surface area contributed by atoms with Crippen LogP contribution in [0.4, 0.5) is 0 Å². The first-order chi connectivity index (χ1) is 13.4. The summed E-state index contributed by atoms with van der Waals surface area (Å²) in [4.78, 5) is 27.3. The number of aliphatic hydroxyl groups excluding tert-OH is 1. The number of carbonyl (C=O) groups excluding carboxylic acids is 2. The van der Waals surface area contributed by atoms with Crippen LogP contribution in [-0.2, 0) is 20.7 Å². The lowest BCUT2D eigenvalue weighted by molar-refractivity contribution is -0.142. The zero-order chi connectivity index (χ0) is 20.3. The van der Waals surface area contributed by atoms with E-state index in [0.717, 1.165) is 23.3 Å². The van der Waals surface area contributed by atoms with Crippen molar-refractivity contribution in [2.45, 2.75) is 39.0 Å². The van der Waals surface area contributed by atoms with Crippen molar-refractivity contribution in [3.8, 4) is 0 Å². The topological polar surface area (TPSA) is 66.8 Å². The van der Waals surface area contributed by atoms with Gasteiger partial charge in [0.15, 0.2) is 0 Å². The molecule has 0 bridgehead atoms. The first kappa shape index (κ1) is 20.3. The summed E-state index contributed by atoms with van der Waals surface area (Å²) in [6.07, 6.45) is 7.51. The molecule has 1 saturated heterocycles. The quantitative estimate of drug-likeness (QED) is 0.735. The number of allylic oxidation sites excluding steroid dienone is 2. The summed E-state index contributed by atoms with van der Waals surface area (Å²) in [6, 6.07) is 7.97. The summed E-state index contributed by atoms with van der Waals surface area (Å²) in [5.74, 6) is 0.699. The summed E-state index contributed by atoms with van der Waals surface area (Å²) in [5.41, 5.74) is 1.37. The number of ether oxygens (including phenoxy) is 1. The molecule has 1 aromatic rings. The molecule has 5 nitrogen and oxygen atoms in total. The van der Waals surface area contributed by atoms with Crippen molar-refractivity contribution >= 4 is 11.8 Å². The minimum Gasteiger partial charge on any atom is -0.497 e. The van der Waals surface area contributed by atoms with Crippen LogP contribution in [0.15, 0.2) is 48.3 Å². The van der Waals surface area contributed by atoms with Crippen molar-refractivity contribution in [1.29, 1.82) is 0 Å². The number of methoxy groups -OCH3 is 1. The fraction of sp³-hybridized carbons (Fsp3) is 0.478. The molecule has 1 fully saturated rings. The second-order valence-electron chi connectivity index (χ2n) is 8.01. The summed E-state index contributed by atoms with van der Waals surface area (Å²) in [5, 5.41) is 9.07. The van der Waals surface area contributed by atoms with Crippen LogP contribution in [0.2, 0.25) is 0 Å². The molecule has 3 atom stereocenters. The van der Waals surface area contributed by atoms with Crippen molar-refractivity contribution < 1.29 is 19.4 Å². The highest BCUT2D eigenvalue weighted by Crippen LogP contribution is 2.45. The lowest BCUT2D eigenvalue weighted by Crippen LogP contribution is -2.39. The molecule has 1 aliphatic heterocycles. The molecule has 5 heteroatoms. The molecule has 150 valence electrons. The zero-order valence-electron chi connectivity index (χ0n) is 16.9. The molecule has 28 heavy (non-hydrogen) atoms. The Morgan fingerprint density at radius 2 is 2.00 bits per heavy atom. The molecular weight excluding hydrogens is 354 g/mol. The van der Waals surface area contributed by atoms with E-state index in [0.29, 0.717) is 13.0 Å². The number of rotatable bonds is 7. The van der Waals surface area contributed by atoms with E-state index in [1.807, 2.05) is 56.3 Å². The molecule has 1 unspecified atom stereocenters. The number of nitrogens with zero attached hydrogens (tertiary/aromatic N) is 1. The first-order valence-electron chi connectivity index (χ1n) is 9.86. The number of aliphatic hydroxyl groups is 1. The number of hydrogen-bond acceptors (Lipinski definition) is 4. The van der Waals surface area contributed by atoms with Crippen molar-refractivity contribution in [2.24, 2.45) is 11.3 Å². The van der Waals surface area contributed by atoms with Crippen LogP contribution >= 0.6 is 0 Å². The van der Waals surface area contributed by atoms with Crippen LogP contribution in [0, 0.1) is 11.3 Å². The van der Waals surface area contributed by atoms with Gasteiger partial charge in [-0.15, -0.1) is 0 Å². The van der Waals surface area contributed by atoms with Crippen LogP contribution in [0.3, 0.4) is 0 Å². The van der Waals surface area contributed by atoms with Crippen LogP contribution in [0.1, 0.15) is 43.7 Å². The molecular formula is C23H29NO4. The van der Waals surface area contributed by atoms with E-state index in [1.165, 1.54) is 4.90 Å². The Balaban J connectivity index is 1.72. The van der Waals surface area contributed by atoms with Crippen LogP contribution < -0.4 is 0 Å². The number of imide groups is 1. The molecule has 1 aliphatic carbocycles. The molecule has 1 N–H and O–H groups in total.